The molecular weight excluding hydrogens is 226 g/mol. The van der Waals surface area contributed by atoms with Gasteiger partial charge in [-0.2, -0.15) is 5.26 Å². The molecule has 1 amide bonds. The van der Waals surface area contributed by atoms with Gasteiger partial charge in [-0.25, -0.2) is 0 Å². The fourth-order valence-electron chi connectivity index (χ4n) is 3.10. The van der Waals surface area contributed by atoms with E-state index in [1.807, 2.05) is 0 Å². The van der Waals surface area contributed by atoms with Crippen LogP contribution in [0.15, 0.2) is 0 Å². The molecule has 0 aromatic carbocycles. The van der Waals surface area contributed by atoms with Crippen LogP contribution in [0.2, 0.25) is 0 Å². The molecule has 1 atom stereocenters. The van der Waals surface area contributed by atoms with E-state index >= 15 is 0 Å². The van der Waals surface area contributed by atoms with Crippen molar-refractivity contribution in [1.29, 1.82) is 5.26 Å². The van der Waals surface area contributed by atoms with E-state index in [-0.39, 0.29) is 11.9 Å². The highest BCUT2D eigenvalue weighted by atomic mass is 16.2. The number of nitrogens with one attached hydrogen (secondary N) is 1. The molecule has 1 saturated heterocycles. The lowest BCUT2D eigenvalue weighted by molar-refractivity contribution is -0.129. The zero-order chi connectivity index (χ0) is 13.0. The molecule has 0 aromatic heterocycles. The molecule has 0 radical (unpaired) electrons. The van der Waals surface area contributed by atoms with Gasteiger partial charge in [-0.3, -0.25) is 4.79 Å². The second-order valence-electron chi connectivity index (χ2n) is 5.83. The van der Waals surface area contributed by atoms with Gasteiger partial charge < -0.3 is 10.2 Å². The molecule has 0 spiro atoms. The van der Waals surface area contributed by atoms with Crippen LogP contribution in [0, 0.1) is 16.7 Å². The molecule has 0 bridgehead atoms. The van der Waals surface area contributed by atoms with E-state index in [9.17, 15) is 10.1 Å². The Bertz CT molecular complexity index is 339. The van der Waals surface area contributed by atoms with E-state index in [0.29, 0.717) is 0 Å². The summed E-state index contributed by atoms with van der Waals surface area (Å²) < 4.78 is 0. The minimum atomic E-state index is -0.752. The van der Waals surface area contributed by atoms with Crippen molar-refractivity contribution in [3.8, 4) is 6.07 Å². The molecule has 100 valence electrons. The lowest BCUT2D eigenvalue weighted by Gasteiger charge is -2.25. The summed E-state index contributed by atoms with van der Waals surface area (Å²) in [5, 5.41) is 12.5. The van der Waals surface area contributed by atoms with Gasteiger partial charge in [-0.1, -0.05) is 25.7 Å². The Kier molecular flexibility index (Phi) is 4.23. The van der Waals surface area contributed by atoms with Crippen molar-refractivity contribution >= 4 is 5.91 Å². The predicted molar refractivity (Wildman–Crippen MR) is 69.8 cm³/mol. The summed E-state index contributed by atoms with van der Waals surface area (Å²) in [7, 11) is 2.07. The fraction of sp³-hybridized carbons (Fsp3) is 0.857. The maximum absolute atomic E-state index is 12.4. The third-order valence-corrected chi connectivity index (χ3v) is 4.33. The Hall–Kier alpha value is -1.08. The third-order valence-electron chi connectivity index (χ3n) is 4.33. The van der Waals surface area contributed by atoms with E-state index in [1.165, 1.54) is 0 Å². The Morgan fingerprint density at radius 1 is 1.33 bits per heavy atom. The van der Waals surface area contributed by atoms with Crippen LogP contribution in [0.1, 0.15) is 44.9 Å². The monoisotopic (exact) mass is 249 g/mol. The zero-order valence-electron chi connectivity index (χ0n) is 11.2. The highest BCUT2D eigenvalue weighted by Gasteiger charge is 2.40. The number of hydrogen-bond donors (Lipinski definition) is 1. The second-order valence-corrected chi connectivity index (χ2v) is 5.83. The Labute approximate surface area is 109 Å². The molecule has 1 N–H and O–H groups in total. The first kappa shape index (κ1) is 13.4. The Morgan fingerprint density at radius 2 is 2.00 bits per heavy atom. The molecule has 1 heterocycles. The second kappa shape index (κ2) is 5.71. The highest BCUT2D eigenvalue weighted by Crippen LogP contribution is 2.35. The van der Waals surface area contributed by atoms with E-state index in [0.717, 1.165) is 58.0 Å². The SMILES string of the molecule is CN1CCC(NC(=O)C2(C#N)CCCCCC2)C1. The first-order chi connectivity index (χ1) is 8.66. The standard InChI is InChI=1S/C14H23N3O/c1-17-9-6-12(10-17)16-13(18)14(11-15)7-4-2-3-5-8-14/h12H,2-10H2,1H3,(H,16,18). The van der Waals surface area contributed by atoms with Gasteiger partial charge in [0.25, 0.3) is 0 Å². The molecule has 1 saturated carbocycles. The van der Waals surface area contributed by atoms with Crippen molar-refractivity contribution in [3.05, 3.63) is 0 Å². The molecule has 1 aliphatic carbocycles. The number of hydrogen-bond acceptors (Lipinski definition) is 3. The van der Waals surface area contributed by atoms with Crippen LogP contribution in [0.25, 0.3) is 0 Å². The van der Waals surface area contributed by atoms with Crippen LogP contribution < -0.4 is 5.32 Å². The number of carbonyl (C=O) groups excluding carboxylic acids is 1. The normalized spacial score (nSPS) is 28.3. The van der Waals surface area contributed by atoms with Crippen LogP contribution in [-0.4, -0.2) is 37.0 Å². The molecule has 4 nitrogen and oxygen atoms in total. The topological polar surface area (TPSA) is 56.1 Å². The minimum absolute atomic E-state index is 0.0211. The largest absolute Gasteiger partial charge is 0.351 e. The van der Waals surface area contributed by atoms with E-state index in [1.54, 1.807) is 0 Å². The van der Waals surface area contributed by atoms with Crippen molar-refractivity contribution in [2.75, 3.05) is 20.1 Å². The Balaban J connectivity index is 1.98. The van der Waals surface area contributed by atoms with Crippen molar-refractivity contribution < 1.29 is 4.79 Å². The first-order valence-corrected chi connectivity index (χ1v) is 7.07. The summed E-state index contributed by atoms with van der Waals surface area (Å²) in [5.74, 6) is -0.0211. The van der Waals surface area contributed by atoms with Gasteiger partial charge in [0.1, 0.15) is 5.41 Å². The number of carbonyl (C=O) groups is 1. The van der Waals surface area contributed by atoms with E-state index in [2.05, 4.69) is 23.3 Å². The maximum atomic E-state index is 12.4. The first-order valence-electron chi connectivity index (χ1n) is 7.07. The van der Waals surface area contributed by atoms with Gasteiger partial charge in [0.05, 0.1) is 6.07 Å². The number of amides is 1. The summed E-state index contributed by atoms with van der Waals surface area (Å²) in [5.41, 5.74) is -0.752. The van der Waals surface area contributed by atoms with Crippen molar-refractivity contribution in [2.24, 2.45) is 5.41 Å². The maximum Gasteiger partial charge on any atom is 0.240 e. The third kappa shape index (κ3) is 2.84. The van der Waals surface area contributed by atoms with E-state index < -0.39 is 5.41 Å². The summed E-state index contributed by atoms with van der Waals surface area (Å²) in [6.07, 6.45) is 6.79. The summed E-state index contributed by atoms with van der Waals surface area (Å²) in [6.45, 7) is 1.94. The van der Waals surface area contributed by atoms with Crippen LogP contribution in [0.4, 0.5) is 0 Å². The lowest BCUT2D eigenvalue weighted by Crippen LogP contribution is -2.45. The van der Waals surface area contributed by atoms with Gasteiger partial charge in [-0.05, 0) is 32.9 Å². The van der Waals surface area contributed by atoms with Crippen LogP contribution >= 0.6 is 0 Å². The summed E-state index contributed by atoms with van der Waals surface area (Å²) in [4.78, 5) is 14.6. The molecule has 2 fully saturated rings. The fourth-order valence-corrected chi connectivity index (χ4v) is 3.10. The van der Waals surface area contributed by atoms with Crippen molar-refractivity contribution in [3.63, 3.8) is 0 Å². The number of nitriles is 1. The molecule has 2 aliphatic rings. The predicted octanol–water partition coefficient (Wildman–Crippen LogP) is 1.67. The average Bonchev–Trinajstić information content (AvgIpc) is 2.65. The van der Waals surface area contributed by atoms with Gasteiger partial charge in [0, 0.05) is 12.6 Å². The van der Waals surface area contributed by atoms with E-state index in [4.69, 9.17) is 0 Å². The molecule has 18 heavy (non-hydrogen) atoms. The Morgan fingerprint density at radius 3 is 2.50 bits per heavy atom. The van der Waals surface area contributed by atoms with Crippen molar-refractivity contribution in [2.45, 2.75) is 51.0 Å². The molecule has 4 heteroatoms. The molecule has 0 aromatic rings. The van der Waals surface area contributed by atoms with Crippen LogP contribution in [0.3, 0.4) is 0 Å². The van der Waals surface area contributed by atoms with Crippen LogP contribution in [0.5, 0.6) is 0 Å². The number of nitrogens with zero attached hydrogens (tertiary/aromatic N) is 2. The van der Waals surface area contributed by atoms with Gasteiger partial charge >= 0.3 is 0 Å². The summed E-state index contributed by atoms with van der Waals surface area (Å²) in [6, 6.07) is 2.55. The minimum Gasteiger partial charge on any atom is -0.351 e. The average molecular weight is 249 g/mol. The van der Waals surface area contributed by atoms with Crippen LogP contribution in [-0.2, 0) is 4.79 Å². The van der Waals surface area contributed by atoms with Crippen molar-refractivity contribution in [1.82, 2.24) is 10.2 Å². The molecule has 1 unspecified atom stereocenters. The lowest BCUT2D eigenvalue weighted by atomic mass is 9.80. The van der Waals surface area contributed by atoms with Gasteiger partial charge in [0.15, 0.2) is 0 Å². The molecule has 2 rings (SSSR count). The quantitative estimate of drug-likeness (QED) is 0.757. The smallest absolute Gasteiger partial charge is 0.240 e. The highest BCUT2D eigenvalue weighted by molar-refractivity contribution is 5.85. The molecule has 1 aliphatic heterocycles. The number of likely N-dealkylation sites (tertiary alicyclic amines) is 1. The number of likely N-dealkylation sites (N-methyl/N-ethyl adjacent to an activating group) is 1. The van der Waals surface area contributed by atoms with Gasteiger partial charge in [-0.15, -0.1) is 0 Å². The zero-order valence-corrected chi connectivity index (χ0v) is 11.2. The number of rotatable bonds is 2. The summed E-state index contributed by atoms with van der Waals surface area (Å²) >= 11 is 0. The van der Waals surface area contributed by atoms with Gasteiger partial charge in [0.2, 0.25) is 5.91 Å². The molecular formula is C14H23N3O.